The Hall–Kier alpha value is -3.02. The quantitative estimate of drug-likeness (QED) is 0.877. The molecule has 6 heteroatoms. The molecular formula is C17H15NO5. The minimum absolute atomic E-state index is 0.179. The molecule has 0 amide bonds. The highest BCUT2D eigenvalue weighted by Crippen LogP contribution is 2.37. The largest absolute Gasteiger partial charge is 0.496 e. The summed E-state index contributed by atoms with van der Waals surface area (Å²) in [4.78, 5) is 15.5. The molecule has 2 aromatic carbocycles. The lowest BCUT2D eigenvalue weighted by atomic mass is 10.1. The molecule has 0 radical (unpaired) electrons. The Kier molecular flexibility index (Phi) is 3.89. The number of rotatable bonds is 4. The maximum absolute atomic E-state index is 11.1. The Bertz CT molecular complexity index is 798. The average molecular weight is 313 g/mol. The number of carboxylic acid groups (broad SMARTS) is 1. The fourth-order valence-corrected chi connectivity index (χ4v) is 2.24. The van der Waals surface area contributed by atoms with Gasteiger partial charge >= 0.3 is 5.97 Å². The highest BCUT2D eigenvalue weighted by molar-refractivity contribution is 5.90. The van der Waals surface area contributed by atoms with Gasteiger partial charge in [-0.3, -0.25) is 4.99 Å². The van der Waals surface area contributed by atoms with Gasteiger partial charge in [0.25, 0.3) is 0 Å². The molecule has 0 aliphatic carbocycles. The molecule has 0 aromatic heterocycles. The van der Waals surface area contributed by atoms with E-state index in [0.717, 1.165) is 11.1 Å². The third-order valence-electron chi connectivity index (χ3n) is 3.52. The van der Waals surface area contributed by atoms with Crippen molar-refractivity contribution in [1.29, 1.82) is 0 Å². The SMILES string of the molecule is COc1cc2c(cc1C=Nc1cc(C(=O)O)ccc1C)OCO2. The molecule has 0 bridgehead atoms. The highest BCUT2D eigenvalue weighted by Gasteiger charge is 2.17. The van der Waals surface area contributed by atoms with Crippen LogP contribution in [-0.4, -0.2) is 31.2 Å². The molecule has 23 heavy (non-hydrogen) atoms. The number of ether oxygens (including phenoxy) is 3. The average Bonchev–Trinajstić information content (AvgIpc) is 3.00. The van der Waals surface area contributed by atoms with Gasteiger partial charge in [0.2, 0.25) is 6.79 Å². The monoisotopic (exact) mass is 313 g/mol. The van der Waals surface area contributed by atoms with Crippen molar-refractivity contribution in [2.24, 2.45) is 4.99 Å². The molecule has 6 nitrogen and oxygen atoms in total. The second-order valence-electron chi connectivity index (χ2n) is 5.01. The van der Waals surface area contributed by atoms with Crippen LogP contribution in [0.4, 0.5) is 5.69 Å². The molecule has 0 saturated heterocycles. The summed E-state index contributed by atoms with van der Waals surface area (Å²) < 4.78 is 16.0. The Morgan fingerprint density at radius 3 is 2.70 bits per heavy atom. The van der Waals surface area contributed by atoms with Crippen LogP contribution in [0.3, 0.4) is 0 Å². The minimum Gasteiger partial charge on any atom is -0.496 e. The first-order valence-electron chi connectivity index (χ1n) is 6.94. The van der Waals surface area contributed by atoms with Crippen molar-refractivity contribution < 1.29 is 24.1 Å². The summed E-state index contributed by atoms with van der Waals surface area (Å²) in [6.07, 6.45) is 1.62. The van der Waals surface area contributed by atoms with Gasteiger partial charge in [0.15, 0.2) is 11.5 Å². The number of hydrogen-bond donors (Lipinski definition) is 1. The fourth-order valence-electron chi connectivity index (χ4n) is 2.24. The Morgan fingerprint density at radius 1 is 1.26 bits per heavy atom. The summed E-state index contributed by atoms with van der Waals surface area (Å²) in [5, 5.41) is 9.07. The summed E-state index contributed by atoms with van der Waals surface area (Å²) in [7, 11) is 1.56. The van der Waals surface area contributed by atoms with Gasteiger partial charge in [-0.05, 0) is 30.7 Å². The number of nitrogens with zero attached hydrogens (tertiary/aromatic N) is 1. The van der Waals surface area contributed by atoms with Crippen molar-refractivity contribution in [2.75, 3.05) is 13.9 Å². The first kappa shape index (κ1) is 14.9. The summed E-state index contributed by atoms with van der Waals surface area (Å²) in [6.45, 7) is 2.05. The summed E-state index contributed by atoms with van der Waals surface area (Å²) in [6, 6.07) is 8.34. The number of aliphatic imine (C=N–C) groups is 1. The van der Waals surface area contributed by atoms with E-state index in [1.165, 1.54) is 6.07 Å². The number of methoxy groups -OCH3 is 1. The zero-order chi connectivity index (χ0) is 16.4. The second-order valence-corrected chi connectivity index (χ2v) is 5.01. The van der Waals surface area contributed by atoms with Gasteiger partial charge in [0, 0.05) is 17.8 Å². The van der Waals surface area contributed by atoms with Crippen LogP contribution in [0.15, 0.2) is 35.3 Å². The fraction of sp³-hybridized carbons (Fsp3) is 0.176. The molecule has 2 aromatic rings. The first-order valence-corrected chi connectivity index (χ1v) is 6.94. The van der Waals surface area contributed by atoms with Crippen LogP contribution in [0.2, 0.25) is 0 Å². The number of aromatic carboxylic acids is 1. The third-order valence-corrected chi connectivity index (χ3v) is 3.52. The molecule has 0 saturated carbocycles. The van der Waals surface area contributed by atoms with E-state index < -0.39 is 5.97 Å². The van der Waals surface area contributed by atoms with Crippen LogP contribution >= 0.6 is 0 Å². The van der Waals surface area contributed by atoms with Gasteiger partial charge in [-0.2, -0.15) is 0 Å². The molecule has 118 valence electrons. The van der Waals surface area contributed by atoms with Gasteiger partial charge in [-0.15, -0.1) is 0 Å². The Balaban J connectivity index is 1.97. The zero-order valence-electron chi connectivity index (χ0n) is 12.7. The maximum atomic E-state index is 11.1. The van der Waals surface area contributed by atoms with Gasteiger partial charge in [-0.25, -0.2) is 4.79 Å². The molecule has 0 spiro atoms. The number of hydrogen-bond acceptors (Lipinski definition) is 5. The second kappa shape index (κ2) is 6.00. The molecule has 1 aliphatic heterocycles. The lowest BCUT2D eigenvalue weighted by Gasteiger charge is -2.07. The van der Waals surface area contributed by atoms with E-state index in [0.29, 0.717) is 22.9 Å². The van der Waals surface area contributed by atoms with Crippen molar-refractivity contribution in [3.05, 3.63) is 47.0 Å². The number of aryl methyl sites for hydroxylation is 1. The van der Waals surface area contributed by atoms with E-state index in [9.17, 15) is 4.79 Å². The summed E-state index contributed by atoms with van der Waals surface area (Å²) >= 11 is 0. The van der Waals surface area contributed by atoms with Crippen molar-refractivity contribution in [3.63, 3.8) is 0 Å². The first-order chi connectivity index (χ1) is 11.1. The molecule has 0 atom stereocenters. The highest BCUT2D eigenvalue weighted by atomic mass is 16.7. The topological polar surface area (TPSA) is 77.4 Å². The van der Waals surface area contributed by atoms with Crippen molar-refractivity contribution >= 4 is 17.9 Å². The van der Waals surface area contributed by atoms with E-state index in [4.69, 9.17) is 19.3 Å². The van der Waals surface area contributed by atoms with Gasteiger partial charge in [-0.1, -0.05) is 6.07 Å². The number of carbonyl (C=O) groups is 1. The van der Waals surface area contributed by atoms with Crippen molar-refractivity contribution in [3.8, 4) is 17.2 Å². The van der Waals surface area contributed by atoms with Crippen molar-refractivity contribution in [1.82, 2.24) is 0 Å². The zero-order valence-corrected chi connectivity index (χ0v) is 12.7. The van der Waals surface area contributed by atoms with Crippen LogP contribution in [0, 0.1) is 6.92 Å². The lowest BCUT2D eigenvalue weighted by Crippen LogP contribution is -1.96. The molecular weight excluding hydrogens is 298 g/mol. The predicted octanol–water partition coefficient (Wildman–Crippen LogP) is 3.18. The summed E-state index contributed by atoms with van der Waals surface area (Å²) in [5.41, 5.74) is 2.38. The predicted molar refractivity (Wildman–Crippen MR) is 84.5 cm³/mol. The Labute approximate surface area is 132 Å². The number of fused-ring (bicyclic) bond motifs is 1. The smallest absolute Gasteiger partial charge is 0.335 e. The summed E-state index contributed by atoms with van der Waals surface area (Å²) in [5.74, 6) is 0.874. The van der Waals surface area contributed by atoms with Gasteiger partial charge in [0.05, 0.1) is 18.4 Å². The third kappa shape index (κ3) is 2.96. The molecule has 0 unspecified atom stereocenters. The van der Waals surface area contributed by atoms with E-state index in [1.807, 2.05) is 6.92 Å². The minimum atomic E-state index is -0.984. The van der Waals surface area contributed by atoms with Gasteiger partial charge in [0.1, 0.15) is 5.75 Å². The van der Waals surface area contributed by atoms with Crippen LogP contribution in [0.1, 0.15) is 21.5 Å². The van der Waals surface area contributed by atoms with E-state index in [-0.39, 0.29) is 12.4 Å². The Morgan fingerprint density at radius 2 is 2.00 bits per heavy atom. The lowest BCUT2D eigenvalue weighted by molar-refractivity contribution is 0.0697. The maximum Gasteiger partial charge on any atom is 0.335 e. The molecule has 1 aliphatic rings. The molecule has 0 fully saturated rings. The molecule has 1 heterocycles. The van der Waals surface area contributed by atoms with Crippen LogP contribution in [0.25, 0.3) is 0 Å². The van der Waals surface area contributed by atoms with E-state index in [1.54, 1.807) is 37.6 Å². The van der Waals surface area contributed by atoms with Crippen LogP contribution in [-0.2, 0) is 0 Å². The van der Waals surface area contributed by atoms with E-state index in [2.05, 4.69) is 4.99 Å². The van der Waals surface area contributed by atoms with Gasteiger partial charge < -0.3 is 19.3 Å². The number of benzene rings is 2. The number of carboxylic acids is 1. The normalized spacial score (nSPS) is 12.6. The van der Waals surface area contributed by atoms with E-state index >= 15 is 0 Å². The molecule has 3 rings (SSSR count). The van der Waals surface area contributed by atoms with Crippen LogP contribution < -0.4 is 14.2 Å². The standard InChI is InChI=1S/C17H15NO5/c1-10-3-4-11(17(19)20)5-13(10)18-8-12-6-15-16(23-9-22-15)7-14(12)21-2/h3-8H,9H2,1-2H3,(H,19,20). The van der Waals surface area contributed by atoms with Crippen LogP contribution in [0.5, 0.6) is 17.2 Å². The van der Waals surface area contributed by atoms with Crippen molar-refractivity contribution in [2.45, 2.75) is 6.92 Å². The molecule has 1 N–H and O–H groups in total.